The summed E-state index contributed by atoms with van der Waals surface area (Å²) in [6.45, 7) is 0.471. The molecule has 21 heavy (non-hydrogen) atoms. The van der Waals surface area contributed by atoms with Crippen molar-refractivity contribution in [1.82, 2.24) is 0 Å². The van der Waals surface area contributed by atoms with Gasteiger partial charge in [0.2, 0.25) is 0 Å². The molecule has 0 aliphatic heterocycles. The number of ketones is 1. The van der Waals surface area contributed by atoms with E-state index in [0.717, 1.165) is 0 Å². The van der Waals surface area contributed by atoms with Gasteiger partial charge in [0.15, 0.2) is 5.78 Å². The summed E-state index contributed by atoms with van der Waals surface area (Å²) in [5.74, 6) is 0.127. The van der Waals surface area contributed by atoms with Crippen molar-refractivity contribution < 1.29 is 13.9 Å². The van der Waals surface area contributed by atoms with Gasteiger partial charge in [-0.05, 0) is 55.0 Å². The Kier molecular flexibility index (Phi) is 5.05. The molecule has 106 valence electrons. The van der Waals surface area contributed by atoms with Gasteiger partial charge in [-0.2, -0.15) is 5.26 Å². The number of hydrogen-bond donors (Lipinski definition) is 0. The molecule has 2 aromatic carbocycles. The van der Waals surface area contributed by atoms with Crippen molar-refractivity contribution in [1.29, 1.82) is 5.26 Å². The summed E-state index contributed by atoms with van der Waals surface area (Å²) in [4.78, 5) is 12.2. The third kappa shape index (κ3) is 4.15. The summed E-state index contributed by atoms with van der Waals surface area (Å²) in [6.07, 6.45) is 1.13. The van der Waals surface area contributed by atoms with Gasteiger partial charge in [-0.3, -0.25) is 4.79 Å². The number of carbonyl (C=O) groups excluding carboxylic acids is 1. The maximum atomic E-state index is 12.8. The topological polar surface area (TPSA) is 50.1 Å². The predicted molar refractivity (Wildman–Crippen MR) is 76.6 cm³/mol. The highest BCUT2D eigenvalue weighted by Crippen LogP contribution is 2.16. The van der Waals surface area contributed by atoms with Crippen LogP contribution in [0.5, 0.6) is 5.75 Å². The van der Waals surface area contributed by atoms with E-state index in [4.69, 9.17) is 10.00 Å². The van der Waals surface area contributed by atoms with Crippen LogP contribution in [0.4, 0.5) is 4.39 Å². The van der Waals surface area contributed by atoms with Gasteiger partial charge in [-0.1, -0.05) is 0 Å². The van der Waals surface area contributed by atoms with Crippen molar-refractivity contribution in [2.45, 2.75) is 12.8 Å². The molecule has 0 amide bonds. The number of halogens is 1. The Morgan fingerprint density at radius 2 is 1.62 bits per heavy atom. The van der Waals surface area contributed by atoms with Crippen molar-refractivity contribution in [2.75, 3.05) is 6.61 Å². The number of nitrogens with zero attached hydrogens (tertiary/aromatic N) is 1. The van der Waals surface area contributed by atoms with E-state index in [1.165, 1.54) is 24.3 Å². The highest BCUT2D eigenvalue weighted by Gasteiger charge is 2.09. The monoisotopic (exact) mass is 283 g/mol. The Labute approximate surface area is 122 Å². The maximum Gasteiger partial charge on any atom is 0.193 e. The summed E-state index contributed by atoms with van der Waals surface area (Å²) in [6, 6.07) is 14.3. The Morgan fingerprint density at radius 3 is 2.19 bits per heavy atom. The number of carbonyl (C=O) groups is 1. The van der Waals surface area contributed by atoms with Crippen molar-refractivity contribution in [2.24, 2.45) is 0 Å². The van der Waals surface area contributed by atoms with E-state index in [1.54, 1.807) is 24.3 Å². The molecule has 0 aromatic heterocycles. The molecular weight excluding hydrogens is 269 g/mol. The standard InChI is InChI=1S/C17H14FNO2/c18-15-7-3-13(4-8-15)17(20)14-5-9-16(10-6-14)21-12-2-1-11-19/h3-10H,1-2,12H2. The second-order valence-corrected chi connectivity index (χ2v) is 4.47. The molecule has 2 aromatic rings. The number of hydrogen-bond acceptors (Lipinski definition) is 3. The van der Waals surface area contributed by atoms with E-state index in [9.17, 15) is 9.18 Å². The average molecular weight is 283 g/mol. The first-order chi connectivity index (χ1) is 10.2. The fraction of sp³-hybridized carbons (Fsp3) is 0.176. The first-order valence-corrected chi connectivity index (χ1v) is 6.61. The van der Waals surface area contributed by atoms with Crippen LogP contribution in [0.2, 0.25) is 0 Å². The number of unbranched alkanes of at least 4 members (excludes halogenated alkanes) is 1. The molecule has 0 spiro atoms. The largest absolute Gasteiger partial charge is 0.494 e. The molecule has 0 saturated carbocycles. The molecule has 0 fully saturated rings. The normalized spacial score (nSPS) is 9.90. The van der Waals surface area contributed by atoms with Gasteiger partial charge >= 0.3 is 0 Å². The van der Waals surface area contributed by atoms with E-state index >= 15 is 0 Å². The van der Waals surface area contributed by atoms with Crippen LogP contribution in [0.15, 0.2) is 48.5 Å². The lowest BCUT2D eigenvalue weighted by molar-refractivity contribution is 0.103. The van der Waals surface area contributed by atoms with E-state index < -0.39 is 0 Å². The average Bonchev–Trinajstić information content (AvgIpc) is 2.52. The Hall–Kier alpha value is -2.67. The molecule has 0 heterocycles. The van der Waals surface area contributed by atoms with Crippen LogP contribution in [0, 0.1) is 17.1 Å². The second-order valence-electron chi connectivity index (χ2n) is 4.47. The lowest BCUT2D eigenvalue weighted by Crippen LogP contribution is -2.02. The third-order valence-electron chi connectivity index (χ3n) is 2.92. The van der Waals surface area contributed by atoms with Crippen LogP contribution < -0.4 is 4.74 Å². The molecule has 0 radical (unpaired) electrons. The number of benzene rings is 2. The van der Waals surface area contributed by atoms with Crippen LogP contribution in [0.25, 0.3) is 0 Å². The molecule has 0 aliphatic rings. The van der Waals surface area contributed by atoms with Gasteiger partial charge in [-0.25, -0.2) is 4.39 Å². The summed E-state index contributed by atoms with van der Waals surface area (Å²) >= 11 is 0. The van der Waals surface area contributed by atoms with E-state index in [-0.39, 0.29) is 11.6 Å². The minimum Gasteiger partial charge on any atom is -0.494 e. The summed E-state index contributed by atoms with van der Waals surface area (Å²) in [5.41, 5.74) is 0.963. The summed E-state index contributed by atoms with van der Waals surface area (Å²) < 4.78 is 18.3. The summed E-state index contributed by atoms with van der Waals surface area (Å²) in [5, 5.41) is 8.42. The van der Waals surface area contributed by atoms with Gasteiger partial charge in [0, 0.05) is 17.5 Å². The van der Waals surface area contributed by atoms with Gasteiger partial charge in [0.1, 0.15) is 11.6 Å². The smallest absolute Gasteiger partial charge is 0.193 e. The second kappa shape index (κ2) is 7.20. The molecule has 0 bridgehead atoms. The maximum absolute atomic E-state index is 12.8. The van der Waals surface area contributed by atoms with Crippen molar-refractivity contribution >= 4 is 5.78 Å². The molecule has 4 heteroatoms. The lowest BCUT2D eigenvalue weighted by Gasteiger charge is -2.06. The zero-order valence-corrected chi connectivity index (χ0v) is 11.4. The predicted octanol–water partition coefficient (Wildman–Crippen LogP) is 3.74. The van der Waals surface area contributed by atoms with Crippen LogP contribution in [0.1, 0.15) is 28.8 Å². The zero-order valence-electron chi connectivity index (χ0n) is 11.4. The molecule has 0 aliphatic carbocycles. The number of nitriles is 1. The SMILES string of the molecule is N#CCCCOc1ccc(C(=O)c2ccc(F)cc2)cc1. The fourth-order valence-electron chi connectivity index (χ4n) is 1.81. The van der Waals surface area contributed by atoms with Gasteiger partial charge in [0.25, 0.3) is 0 Å². The van der Waals surface area contributed by atoms with Crippen molar-refractivity contribution in [3.63, 3.8) is 0 Å². The van der Waals surface area contributed by atoms with Crippen LogP contribution in [-0.4, -0.2) is 12.4 Å². The quantitative estimate of drug-likeness (QED) is 0.599. The number of rotatable bonds is 6. The zero-order chi connectivity index (χ0) is 15.1. The fourth-order valence-corrected chi connectivity index (χ4v) is 1.81. The van der Waals surface area contributed by atoms with E-state index in [0.29, 0.717) is 36.3 Å². The van der Waals surface area contributed by atoms with Crippen LogP contribution in [-0.2, 0) is 0 Å². The molecule has 2 rings (SSSR count). The van der Waals surface area contributed by atoms with Crippen LogP contribution >= 0.6 is 0 Å². The van der Waals surface area contributed by atoms with Gasteiger partial charge in [0.05, 0.1) is 12.7 Å². The van der Waals surface area contributed by atoms with Gasteiger partial charge < -0.3 is 4.74 Å². The Balaban J connectivity index is 2.00. The minimum absolute atomic E-state index is 0.161. The lowest BCUT2D eigenvalue weighted by atomic mass is 10.0. The molecular formula is C17H14FNO2. The van der Waals surface area contributed by atoms with E-state index in [1.807, 2.05) is 6.07 Å². The van der Waals surface area contributed by atoms with Crippen molar-refractivity contribution in [3.05, 3.63) is 65.5 Å². The summed E-state index contributed by atoms with van der Waals surface area (Å²) in [7, 11) is 0. The Morgan fingerprint density at radius 1 is 1.05 bits per heavy atom. The van der Waals surface area contributed by atoms with E-state index in [2.05, 4.69) is 0 Å². The first-order valence-electron chi connectivity index (χ1n) is 6.61. The minimum atomic E-state index is -0.368. The molecule has 0 unspecified atom stereocenters. The molecule has 0 atom stereocenters. The van der Waals surface area contributed by atoms with Gasteiger partial charge in [-0.15, -0.1) is 0 Å². The highest BCUT2D eigenvalue weighted by atomic mass is 19.1. The number of ether oxygens (including phenoxy) is 1. The Bertz CT molecular complexity index is 642. The highest BCUT2D eigenvalue weighted by molar-refractivity contribution is 6.08. The van der Waals surface area contributed by atoms with Crippen molar-refractivity contribution in [3.8, 4) is 11.8 Å². The molecule has 0 N–H and O–H groups in total. The molecule has 0 saturated heterocycles. The molecule has 3 nitrogen and oxygen atoms in total. The third-order valence-corrected chi connectivity index (χ3v) is 2.92. The van der Waals surface area contributed by atoms with Crippen LogP contribution in [0.3, 0.4) is 0 Å². The first kappa shape index (κ1) is 14.7.